The van der Waals surface area contributed by atoms with Gasteiger partial charge in [0.05, 0.1) is 44.4 Å². The van der Waals surface area contributed by atoms with Crippen molar-refractivity contribution in [3.63, 3.8) is 0 Å². The third kappa shape index (κ3) is 11.2. The van der Waals surface area contributed by atoms with Gasteiger partial charge in [-0.25, -0.2) is 0 Å². The summed E-state index contributed by atoms with van der Waals surface area (Å²) in [5, 5.41) is 9.41. The molecule has 6 heterocycles. The summed E-state index contributed by atoms with van der Waals surface area (Å²) in [6, 6.07) is 186. The van der Waals surface area contributed by atoms with Crippen LogP contribution in [0.1, 0.15) is 89.0 Å². The van der Waals surface area contributed by atoms with Crippen LogP contribution in [0.3, 0.4) is 0 Å². The highest BCUT2D eigenvalue weighted by atomic mass is 32.2. The van der Waals surface area contributed by atoms with E-state index >= 15 is 0 Å². The number of hydrogen-bond donors (Lipinski definition) is 0. The molecule has 26 aromatic rings. The molecule has 0 saturated carbocycles. The van der Waals surface area contributed by atoms with Gasteiger partial charge in [0.15, 0.2) is 5.58 Å². The van der Waals surface area contributed by atoms with Crippen LogP contribution in [0, 0.1) is 0 Å². The van der Waals surface area contributed by atoms with Gasteiger partial charge < -0.3 is 18.6 Å². The molecule has 0 unspecified atom stereocenters. The number of para-hydroxylation sites is 3. The fraction of sp³-hybridized carbons (Fsp3) is 0.0294. The largest absolute Gasteiger partial charge is 0.456 e. The molecule has 0 atom stereocenters. The van der Waals surface area contributed by atoms with E-state index in [-0.39, 0.29) is 0 Å². The number of anilines is 6. The minimum atomic E-state index is -0.568. The van der Waals surface area contributed by atoms with Crippen molar-refractivity contribution in [1.82, 2.24) is 0 Å². The summed E-state index contributed by atoms with van der Waals surface area (Å²) in [6.45, 7) is 0. The molecule has 4 aromatic heterocycles. The first-order chi connectivity index (χ1) is 71.4. The van der Waals surface area contributed by atoms with Crippen molar-refractivity contribution in [2.75, 3.05) is 9.80 Å². The molecule has 0 N–H and O–H groups in total. The Morgan fingerprint density at radius 3 is 1.02 bits per heavy atom. The Balaban J connectivity index is 0.000000131. The summed E-state index contributed by atoms with van der Waals surface area (Å²) in [7, 11) is 0. The molecule has 2 spiro atoms. The average Bonchev–Trinajstić information content (AvgIpc) is 1.48. The Morgan fingerprint density at radius 1 is 0.181 bits per heavy atom. The molecule has 144 heavy (non-hydrogen) atoms. The van der Waals surface area contributed by atoms with Crippen LogP contribution in [-0.2, 0) is 21.7 Å². The third-order valence-corrected chi connectivity index (χ3v) is 36.5. The van der Waals surface area contributed by atoms with Gasteiger partial charge in [-0.2, -0.15) is 0 Å². The zero-order valence-electron chi connectivity index (χ0n) is 77.7. The summed E-state index contributed by atoms with van der Waals surface area (Å²) < 4.78 is 18.8. The highest BCUT2D eigenvalue weighted by molar-refractivity contribution is 7.99. The van der Waals surface area contributed by atoms with Crippen LogP contribution in [0.15, 0.2) is 526 Å². The van der Waals surface area contributed by atoms with E-state index in [0.29, 0.717) is 0 Å². The predicted molar refractivity (Wildman–Crippen MR) is 600 cm³/mol. The van der Waals surface area contributed by atoms with Crippen LogP contribution in [0.4, 0.5) is 34.1 Å². The lowest BCUT2D eigenvalue weighted by atomic mass is 9.67. The van der Waals surface area contributed by atoms with Crippen LogP contribution >= 0.6 is 46.2 Å². The van der Waals surface area contributed by atoms with E-state index in [9.17, 15) is 0 Å². The smallest absolute Gasteiger partial charge is 0.159 e. The fourth-order valence-corrected chi connectivity index (χ4v) is 31.2. The van der Waals surface area contributed by atoms with Gasteiger partial charge >= 0.3 is 0 Å². The normalized spacial score (nSPS) is 14.3. The van der Waals surface area contributed by atoms with E-state index in [1.807, 2.05) is 46.2 Å². The van der Waals surface area contributed by atoms with E-state index in [1.165, 1.54) is 193 Å². The van der Waals surface area contributed by atoms with Crippen LogP contribution in [0.2, 0.25) is 0 Å². The van der Waals surface area contributed by atoms with E-state index in [0.717, 1.165) is 78.0 Å². The van der Waals surface area contributed by atoms with E-state index < -0.39 is 21.7 Å². The zero-order valence-corrected chi connectivity index (χ0v) is 81.0. The maximum Gasteiger partial charge on any atom is 0.159 e. The van der Waals surface area contributed by atoms with Crippen molar-refractivity contribution >= 4 is 165 Å². The van der Waals surface area contributed by atoms with Crippen molar-refractivity contribution in [3.05, 3.63) is 586 Å². The molecule has 22 aromatic carbocycles. The van der Waals surface area contributed by atoms with Gasteiger partial charge in [-0.1, -0.05) is 394 Å². The highest BCUT2D eigenvalue weighted by Crippen LogP contribution is 2.69. The molecule has 0 radical (unpaired) electrons. The average molecular weight is 1900 g/mol. The summed E-state index contributed by atoms with van der Waals surface area (Å²) in [5.41, 5.74) is 39.0. The number of fused-ring (bicyclic) bond motifs is 36. The molecule has 672 valence electrons. The molecule has 0 fully saturated rings. The lowest BCUT2D eigenvalue weighted by Crippen LogP contribution is -2.31. The number of thiophene rings is 2. The first-order valence-electron chi connectivity index (χ1n) is 49.5. The van der Waals surface area contributed by atoms with Crippen LogP contribution in [0.5, 0.6) is 0 Å². The molecule has 6 aliphatic rings. The minimum Gasteiger partial charge on any atom is -0.456 e. The SMILES string of the molecule is c1ccc(C2(c3ccccc3)c3ccccc3-c3c(N(c4ccc5c(c4)oc4ccccc45)c4cccc5sc6cc7c(cc6c45)-c4ccccc4C74c5ccccc5Sc5ccccc54)cccc32)cc1.c1ccc(C2(c3ccccc3)c3ccccc3-c3ccc(N(c4cccc5c4oc4ccccc45)c4cccc5sc6cc7c(cc6c45)-c4ccccc4C74c5ccccc5Sc5ccccc54)cc32)cc1. The van der Waals surface area contributed by atoms with Crippen molar-refractivity contribution in [2.45, 2.75) is 41.2 Å². The Morgan fingerprint density at radius 2 is 0.514 bits per heavy atom. The molecular weight excluding hydrogens is 1820 g/mol. The number of furan rings is 2. The molecule has 0 amide bonds. The van der Waals surface area contributed by atoms with Crippen molar-refractivity contribution in [1.29, 1.82) is 0 Å². The first kappa shape index (κ1) is 82.0. The lowest BCUT2D eigenvalue weighted by Gasteiger charge is -2.39. The second-order valence-electron chi connectivity index (χ2n) is 38.8. The Kier molecular flexibility index (Phi) is 17.8. The molecule has 4 aliphatic carbocycles. The summed E-state index contributed by atoms with van der Waals surface area (Å²) in [6.07, 6.45) is 0. The second-order valence-corrected chi connectivity index (χ2v) is 43.1. The van der Waals surface area contributed by atoms with Gasteiger partial charge in [-0.05, 0) is 249 Å². The van der Waals surface area contributed by atoms with Gasteiger partial charge in [0, 0.05) is 104 Å². The van der Waals surface area contributed by atoms with Crippen molar-refractivity contribution < 1.29 is 8.83 Å². The molecular formula is C136H82N2O2S4. The van der Waals surface area contributed by atoms with E-state index in [1.54, 1.807) is 0 Å². The van der Waals surface area contributed by atoms with Crippen LogP contribution in [-0.4, -0.2) is 0 Å². The molecule has 8 heteroatoms. The molecule has 2 aliphatic heterocycles. The zero-order chi connectivity index (χ0) is 94.2. The number of benzene rings is 22. The Labute approximate surface area is 848 Å². The quantitative estimate of drug-likeness (QED) is 0.136. The van der Waals surface area contributed by atoms with Gasteiger partial charge in [-0.15, -0.1) is 22.7 Å². The second kappa shape index (κ2) is 31.3. The summed E-state index contributed by atoms with van der Waals surface area (Å²) in [5.74, 6) is 0. The van der Waals surface area contributed by atoms with Crippen LogP contribution < -0.4 is 9.80 Å². The summed E-state index contributed by atoms with van der Waals surface area (Å²) >= 11 is 7.59. The number of rotatable bonds is 10. The fourth-order valence-electron chi connectivity index (χ4n) is 26.5. The van der Waals surface area contributed by atoms with E-state index in [4.69, 9.17) is 8.83 Å². The van der Waals surface area contributed by atoms with Crippen molar-refractivity contribution in [3.8, 4) is 44.5 Å². The number of hydrogen-bond acceptors (Lipinski definition) is 8. The number of nitrogens with zero attached hydrogens (tertiary/aromatic N) is 2. The molecule has 32 rings (SSSR count). The maximum absolute atomic E-state index is 6.99. The minimum absolute atomic E-state index is 0.451. The first-order valence-corrected chi connectivity index (χ1v) is 52.7. The Bertz CT molecular complexity index is 9750. The van der Waals surface area contributed by atoms with Gasteiger partial charge in [0.25, 0.3) is 0 Å². The Hall–Kier alpha value is -16.8. The van der Waals surface area contributed by atoms with Crippen LogP contribution in [0.25, 0.3) is 129 Å². The standard InChI is InChI=1S/2C68H41NOS2/c1-3-19-42(20-4-1)67(43-21-5-2-6-22-43)52-27-11-8-25-48(52)65-55(67)30-17-31-57(65)69(44-37-38-47-46-24-9-14-33-59(46)70-60(47)39-44)58-32-18-36-63-66(58)50-40-49-45-23-7-10-26-51(45)68(56(49)41-64(50)72-63)53-28-12-15-34-61(53)71-62-35-16-13-29-54(62)68;1-3-19-42(20-4-1)67(43-21-5-2-6-22-43)52-27-10-7-23-45(52)47-38-37-44(39-56(47)67)69(59-32-17-26-49-48-25-9-14-33-60(48)70-66(49)59)58-31-18-36-63-65(58)51-40-50-46-24-8-11-28-53(46)68(57(50)41-64(51)72-63)54-29-12-15-34-61(54)71-62-35-16-13-30-55(62)68/h2*1-41H. The monoisotopic (exact) mass is 1900 g/mol. The van der Waals surface area contributed by atoms with Crippen molar-refractivity contribution in [2.24, 2.45) is 0 Å². The highest BCUT2D eigenvalue weighted by Gasteiger charge is 2.55. The maximum atomic E-state index is 6.99. The lowest BCUT2D eigenvalue weighted by molar-refractivity contribution is 0.668. The third-order valence-electron chi connectivity index (χ3n) is 32.0. The molecule has 4 nitrogen and oxygen atoms in total. The van der Waals surface area contributed by atoms with Gasteiger partial charge in [0.1, 0.15) is 16.7 Å². The van der Waals surface area contributed by atoms with Gasteiger partial charge in [0.2, 0.25) is 0 Å². The summed E-state index contributed by atoms with van der Waals surface area (Å²) in [4.78, 5) is 10.3. The van der Waals surface area contributed by atoms with E-state index in [2.05, 4.69) is 507 Å². The molecule has 0 bridgehead atoms. The molecule has 0 saturated heterocycles. The van der Waals surface area contributed by atoms with Gasteiger partial charge in [-0.3, -0.25) is 0 Å². The topological polar surface area (TPSA) is 32.8 Å². The predicted octanol–water partition coefficient (Wildman–Crippen LogP) is 37.2.